The normalized spacial score (nSPS) is 23.1. The summed E-state index contributed by atoms with van der Waals surface area (Å²) in [4.78, 5) is 4.57. The summed E-state index contributed by atoms with van der Waals surface area (Å²) in [5.41, 5.74) is 0. The van der Waals surface area contributed by atoms with Crippen LogP contribution in [0.5, 0.6) is 0 Å². The van der Waals surface area contributed by atoms with Crippen LogP contribution in [0, 0.1) is 0 Å². The molecule has 0 radical (unpaired) electrons. The van der Waals surface area contributed by atoms with Crippen LogP contribution in [0.25, 0.3) is 0 Å². The predicted molar refractivity (Wildman–Crippen MR) is 57.0 cm³/mol. The van der Waals surface area contributed by atoms with Crippen molar-refractivity contribution in [1.82, 2.24) is 9.80 Å². The minimum Gasteiger partial charge on any atom is -0.395 e. The first kappa shape index (κ1) is 12.9. The molecule has 3 nitrogen and oxygen atoms in total. The first-order valence-electron chi connectivity index (χ1n) is 5.23. The molecule has 0 aromatic rings. The predicted octanol–water partition coefficient (Wildman–Crippen LogP) is 0.641. The van der Waals surface area contributed by atoms with Crippen molar-refractivity contribution in [1.29, 1.82) is 0 Å². The second-order valence-corrected chi connectivity index (χ2v) is 3.41. The van der Waals surface area contributed by atoms with Crippen LogP contribution >= 0.6 is 0 Å². The average molecular weight is 188 g/mol. The molecule has 0 bridgehead atoms. The Kier molecular flexibility index (Phi) is 7.23. The molecule has 80 valence electrons. The number of hydrogen-bond acceptors (Lipinski definition) is 3. The Bertz CT molecular complexity index is 119. The van der Waals surface area contributed by atoms with Gasteiger partial charge in [0.25, 0.3) is 0 Å². The molecule has 0 aromatic carbocycles. The van der Waals surface area contributed by atoms with Crippen molar-refractivity contribution in [2.24, 2.45) is 0 Å². The number of rotatable bonds is 3. The summed E-state index contributed by atoms with van der Waals surface area (Å²) in [7, 11) is 4.23. The summed E-state index contributed by atoms with van der Waals surface area (Å²) in [6.07, 6.45) is 1.24. The minimum absolute atomic E-state index is 0.275. The van der Waals surface area contributed by atoms with E-state index in [2.05, 4.69) is 23.9 Å². The Morgan fingerprint density at radius 1 is 1.46 bits per heavy atom. The van der Waals surface area contributed by atoms with E-state index in [0.29, 0.717) is 6.04 Å². The summed E-state index contributed by atoms with van der Waals surface area (Å²) in [6.45, 7) is 7.42. The monoisotopic (exact) mass is 188 g/mol. The number of hydrogen-bond donors (Lipinski definition) is 1. The van der Waals surface area contributed by atoms with Gasteiger partial charge in [-0.05, 0) is 27.1 Å². The quantitative estimate of drug-likeness (QED) is 0.704. The van der Waals surface area contributed by atoms with Crippen molar-refractivity contribution in [3.8, 4) is 0 Å². The van der Waals surface area contributed by atoms with Gasteiger partial charge in [0.05, 0.1) is 6.61 Å². The van der Waals surface area contributed by atoms with E-state index in [9.17, 15) is 0 Å². The smallest absolute Gasteiger partial charge is 0.0558 e. The Hall–Kier alpha value is -0.120. The Balaban J connectivity index is 0.000000671. The lowest BCUT2D eigenvalue weighted by molar-refractivity contribution is 0.181. The highest BCUT2D eigenvalue weighted by molar-refractivity contribution is 4.79. The van der Waals surface area contributed by atoms with Gasteiger partial charge < -0.3 is 10.0 Å². The van der Waals surface area contributed by atoms with Gasteiger partial charge in [-0.1, -0.05) is 13.8 Å². The van der Waals surface area contributed by atoms with Gasteiger partial charge in [-0.2, -0.15) is 0 Å². The van der Waals surface area contributed by atoms with Crippen molar-refractivity contribution in [3.63, 3.8) is 0 Å². The molecule has 1 unspecified atom stereocenters. The maximum atomic E-state index is 8.71. The fraction of sp³-hybridized carbons (Fsp3) is 1.00. The summed E-state index contributed by atoms with van der Waals surface area (Å²) in [5, 5.41) is 8.71. The van der Waals surface area contributed by atoms with E-state index in [1.165, 1.54) is 13.0 Å². The number of aliphatic hydroxyl groups excluding tert-OH is 1. The van der Waals surface area contributed by atoms with Gasteiger partial charge in [0.1, 0.15) is 0 Å². The molecule has 0 aromatic heterocycles. The molecule has 1 rings (SSSR count). The van der Waals surface area contributed by atoms with Crippen molar-refractivity contribution >= 4 is 0 Å². The third-order valence-corrected chi connectivity index (χ3v) is 2.44. The molecule has 13 heavy (non-hydrogen) atoms. The molecule has 0 saturated carbocycles. The summed E-state index contributed by atoms with van der Waals surface area (Å²) in [5.74, 6) is 0. The average Bonchev–Trinajstić information content (AvgIpc) is 2.56. The lowest BCUT2D eigenvalue weighted by atomic mass is 10.2. The highest BCUT2D eigenvalue weighted by atomic mass is 16.3. The second kappa shape index (κ2) is 7.30. The van der Waals surface area contributed by atoms with Crippen molar-refractivity contribution < 1.29 is 5.11 Å². The zero-order valence-electron chi connectivity index (χ0n) is 9.45. The van der Waals surface area contributed by atoms with E-state index in [1.54, 1.807) is 0 Å². The van der Waals surface area contributed by atoms with Crippen LogP contribution in [0.2, 0.25) is 0 Å². The molecular weight excluding hydrogens is 164 g/mol. The third-order valence-electron chi connectivity index (χ3n) is 2.44. The highest BCUT2D eigenvalue weighted by Gasteiger charge is 2.22. The standard InChI is InChI=1S/C8H18N2O.C2H6/c1-9-4-3-8(7-9)10(2)5-6-11;1-2/h8,11H,3-7H2,1-2H3;1-2H3. The van der Waals surface area contributed by atoms with Crippen molar-refractivity contribution in [2.75, 3.05) is 40.3 Å². The van der Waals surface area contributed by atoms with Gasteiger partial charge >= 0.3 is 0 Å². The van der Waals surface area contributed by atoms with Gasteiger partial charge in [0, 0.05) is 19.1 Å². The van der Waals surface area contributed by atoms with E-state index in [4.69, 9.17) is 5.11 Å². The molecular formula is C10H24N2O. The SMILES string of the molecule is CC.CN1CCC(N(C)CCO)C1. The summed E-state index contributed by atoms with van der Waals surface area (Å²) < 4.78 is 0. The fourth-order valence-corrected chi connectivity index (χ4v) is 1.61. The first-order valence-corrected chi connectivity index (χ1v) is 5.23. The number of nitrogens with zero attached hydrogens (tertiary/aromatic N) is 2. The Morgan fingerprint density at radius 2 is 2.08 bits per heavy atom. The maximum absolute atomic E-state index is 8.71. The Morgan fingerprint density at radius 3 is 2.46 bits per heavy atom. The molecule has 0 aliphatic carbocycles. The van der Waals surface area contributed by atoms with E-state index < -0.39 is 0 Å². The largest absolute Gasteiger partial charge is 0.395 e. The third kappa shape index (κ3) is 4.60. The second-order valence-electron chi connectivity index (χ2n) is 3.41. The molecule has 1 aliphatic heterocycles. The van der Waals surface area contributed by atoms with Crippen molar-refractivity contribution in [3.05, 3.63) is 0 Å². The van der Waals surface area contributed by atoms with Gasteiger partial charge in [-0.15, -0.1) is 0 Å². The van der Waals surface area contributed by atoms with Crippen LogP contribution in [0.4, 0.5) is 0 Å². The lowest BCUT2D eigenvalue weighted by Crippen LogP contribution is -2.35. The highest BCUT2D eigenvalue weighted by Crippen LogP contribution is 2.11. The summed E-state index contributed by atoms with van der Waals surface area (Å²) >= 11 is 0. The topological polar surface area (TPSA) is 26.7 Å². The fourth-order valence-electron chi connectivity index (χ4n) is 1.61. The van der Waals surface area contributed by atoms with Crippen LogP contribution in [-0.4, -0.2) is 61.3 Å². The van der Waals surface area contributed by atoms with Crippen LogP contribution in [0.15, 0.2) is 0 Å². The number of likely N-dealkylation sites (N-methyl/N-ethyl adjacent to an activating group) is 2. The molecule has 1 aliphatic rings. The maximum Gasteiger partial charge on any atom is 0.0558 e. The van der Waals surface area contributed by atoms with E-state index in [-0.39, 0.29) is 6.61 Å². The Labute approximate surface area is 82.3 Å². The van der Waals surface area contributed by atoms with Crippen LogP contribution in [0.3, 0.4) is 0 Å². The van der Waals surface area contributed by atoms with E-state index in [1.807, 2.05) is 13.8 Å². The summed E-state index contributed by atoms with van der Waals surface area (Å²) in [6, 6.07) is 0.659. The molecule has 1 heterocycles. The van der Waals surface area contributed by atoms with E-state index >= 15 is 0 Å². The van der Waals surface area contributed by atoms with Crippen LogP contribution in [-0.2, 0) is 0 Å². The van der Waals surface area contributed by atoms with E-state index in [0.717, 1.165) is 13.1 Å². The molecule has 1 saturated heterocycles. The first-order chi connectivity index (χ1) is 6.24. The van der Waals surface area contributed by atoms with Gasteiger partial charge in [-0.25, -0.2) is 0 Å². The van der Waals surface area contributed by atoms with Gasteiger partial charge in [0.2, 0.25) is 0 Å². The molecule has 3 heteroatoms. The lowest BCUT2D eigenvalue weighted by Gasteiger charge is -2.22. The molecule has 1 N–H and O–H groups in total. The molecule has 1 fully saturated rings. The molecule has 0 spiro atoms. The van der Waals surface area contributed by atoms with Gasteiger partial charge in [-0.3, -0.25) is 4.90 Å². The van der Waals surface area contributed by atoms with Crippen molar-refractivity contribution in [2.45, 2.75) is 26.3 Å². The van der Waals surface area contributed by atoms with Crippen LogP contribution in [0.1, 0.15) is 20.3 Å². The molecule has 0 amide bonds. The van der Waals surface area contributed by atoms with Crippen LogP contribution < -0.4 is 0 Å². The molecule has 1 atom stereocenters. The number of likely N-dealkylation sites (tertiary alicyclic amines) is 1. The zero-order chi connectivity index (χ0) is 10.3. The zero-order valence-corrected chi connectivity index (χ0v) is 9.45. The minimum atomic E-state index is 0.275. The number of aliphatic hydroxyl groups is 1. The van der Waals surface area contributed by atoms with Gasteiger partial charge in [0.15, 0.2) is 0 Å².